The topological polar surface area (TPSA) is 103 Å². The molecule has 0 aliphatic carbocycles. The second-order valence-corrected chi connectivity index (χ2v) is 7.51. The van der Waals surface area contributed by atoms with E-state index >= 15 is 0 Å². The molecule has 168 valence electrons. The van der Waals surface area contributed by atoms with Crippen molar-refractivity contribution in [1.82, 2.24) is 15.2 Å². The number of alkyl halides is 3. The molecule has 1 amide bonds. The SMILES string of the molecule is Cc1cc(-c2cc(C(=O)Nc3ccc(OC(F)(F)F)cc3)cnc2N2CC(CO)C2)n[nH]1. The van der Waals surface area contributed by atoms with Crippen LogP contribution < -0.4 is 15.0 Å². The molecule has 8 nitrogen and oxygen atoms in total. The van der Waals surface area contributed by atoms with Crippen molar-refractivity contribution in [3.05, 3.63) is 53.9 Å². The molecule has 1 aliphatic rings. The first-order chi connectivity index (χ1) is 15.2. The average Bonchev–Trinajstić information content (AvgIpc) is 3.14. The van der Waals surface area contributed by atoms with Gasteiger partial charge in [0.2, 0.25) is 0 Å². The van der Waals surface area contributed by atoms with Gasteiger partial charge in [0, 0.05) is 48.8 Å². The number of halogens is 3. The maximum atomic E-state index is 12.7. The van der Waals surface area contributed by atoms with E-state index in [2.05, 4.69) is 25.2 Å². The van der Waals surface area contributed by atoms with Gasteiger partial charge in [-0.15, -0.1) is 13.2 Å². The Hall–Kier alpha value is -3.60. The number of aliphatic hydroxyl groups is 1. The van der Waals surface area contributed by atoms with Gasteiger partial charge in [-0.25, -0.2) is 4.98 Å². The van der Waals surface area contributed by atoms with Crippen LogP contribution in [-0.4, -0.2) is 52.3 Å². The van der Waals surface area contributed by atoms with Crippen LogP contribution in [0.4, 0.5) is 24.7 Å². The maximum Gasteiger partial charge on any atom is 0.573 e. The van der Waals surface area contributed by atoms with Gasteiger partial charge in [-0.2, -0.15) is 5.10 Å². The Morgan fingerprint density at radius 3 is 2.59 bits per heavy atom. The zero-order chi connectivity index (χ0) is 22.9. The molecule has 3 heterocycles. The van der Waals surface area contributed by atoms with Gasteiger partial charge in [0.1, 0.15) is 11.6 Å². The minimum atomic E-state index is -4.78. The normalized spacial score (nSPS) is 14.2. The van der Waals surface area contributed by atoms with Gasteiger partial charge in [-0.1, -0.05) is 0 Å². The first-order valence-electron chi connectivity index (χ1n) is 9.77. The number of nitrogens with zero attached hydrogens (tertiary/aromatic N) is 3. The van der Waals surface area contributed by atoms with Crippen molar-refractivity contribution >= 4 is 17.4 Å². The molecule has 32 heavy (non-hydrogen) atoms. The molecule has 1 aliphatic heterocycles. The summed E-state index contributed by atoms with van der Waals surface area (Å²) in [6.07, 6.45) is -3.35. The number of hydrogen-bond acceptors (Lipinski definition) is 6. The fourth-order valence-corrected chi connectivity index (χ4v) is 3.38. The number of hydrogen-bond donors (Lipinski definition) is 3. The third-order valence-electron chi connectivity index (χ3n) is 4.97. The molecule has 3 aromatic rings. The zero-order valence-electron chi connectivity index (χ0n) is 17.0. The summed E-state index contributed by atoms with van der Waals surface area (Å²) < 4.78 is 40.7. The van der Waals surface area contributed by atoms with Crippen LogP contribution in [0.5, 0.6) is 5.75 Å². The predicted molar refractivity (Wildman–Crippen MR) is 110 cm³/mol. The highest BCUT2D eigenvalue weighted by molar-refractivity contribution is 6.05. The molecule has 1 fully saturated rings. The summed E-state index contributed by atoms with van der Waals surface area (Å²) in [5.74, 6) is -0.0171. The van der Waals surface area contributed by atoms with Crippen LogP contribution in [0.1, 0.15) is 16.1 Å². The molecule has 11 heteroatoms. The van der Waals surface area contributed by atoms with Crippen LogP contribution in [0.3, 0.4) is 0 Å². The highest BCUT2D eigenvalue weighted by Crippen LogP contribution is 2.33. The number of amides is 1. The molecule has 0 bridgehead atoms. The second kappa shape index (κ2) is 8.50. The number of aliphatic hydroxyl groups excluding tert-OH is 1. The number of carbonyl (C=O) groups is 1. The molecule has 1 saturated heterocycles. The minimum Gasteiger partial charge on any atom is -0.406 e. The monoisotopic (exact) mass is 447 g/mol. The van der Waals surface area contributed by atoms with Crippen molar-refractivity contribution in [2.45, 2.75) is 13.3 Å². The van der Waals surface area contributed by atoms with Gasteiger partial charge in [0.25, 0.3) is 5.91 Å². The third kappa shape index (κ3) is 4.83. The molecule has 0 spiro atoms. The maximum absolute atomic E-state index is 12.7. The van der Waals surface area contributed by atoms with E-state index in [-0.39, 0.29) is 23.8 Å². The van der Waals surface area contributed by atoms with Gasteiger partial charge in [-0.3, -0.25) is 9.89 Å². The summed E-state index contributed by atoms with van der Waals surface area (Å²) in [5.41, 5.74) is 2.70. The van der Waals surface area contributed by atoms with E-state index in [0.717, 1.165) is 17.8 Å². The van der Waals surface area contributed by atoms with Gasteiger partial charge in [0.15, 0.2) is 0 Å². The lowest BCUT2D eigenvalue weighted by Crippen LogP contribution is -2.49. The van der Waals surface area contributed by atoms with E-state index in [1.54, 1.807) is 6.07 Å². The minimum absolute atomic E-state index is 0.0979. The van der Waals surface area contributed by atoms with E-state index in [0.29, 0.717) is 35.9 Å². The molecule has 0 radical (unpaired) electrons. The number of aryl methyl sites for hydroxylation is 1. The summed E-state index contributed by atoms with van der Waals surface area (Å²) in [5, 5.41) is 19.1. The second-order valence-electron chi connectivity index (χ2n) is 7.51. The molecular weight excluding hydrogens is 427 g/mol. The number of anilines is 2. The van der Waals surface area contributed by atoms with Crippen LogP contribution >= 0.6 is 0 Å². The van der Waals surface area contributed by atoms with Crippen LogP contribution in [0.2, 0.25) is 0 Å². The number of carbonyl (C=O) groups excluding carboxylic acids is 1. The molecule has 3 N–H and O–H groups in total. The molecule has 0 saturated carbocycles. The molecule has 4 rings (SSSR count). The summed E-state index contributed by atoms with van der Waals surface area (Å²) in [4.78, 5) is 19.2. The Labute approximate surface area is 181 Å². The summed E-state index contributed by atoms with van der Waals surface area (Å²) in [7, 11) is 0. The van der Waals surface area contributed by atoms with Crippen molar-refractivity contribution in [1.29, 1.82) is 0 Å². The number of ether oxygens (including phenoxy) is 1. The fourth-order valence-electron chi connectivity index (χ4n) is 3.38. The lowest BCUT2D eigenvalue weighted by atomic mass is 9.99. The number of benzene rings is 1. The Bertz CT molecular complexity index is 1110. The van der Waals surface area contributed by atoms with E-state index in [4.69, 9.17) is 0 Å². The van der Waals surface area contributed by atoms with Crippen LogP contribution in [0.15, 0.2) is 42.6 Å². The van der Waals surface area contributed by atoms with Crippen molar-refractivity contribution in [3.63, 3.8) is 0 Å². The summed E-state index contributed by atoms with van der Waals surface area (Å²) in [6.45, 7) is 3.26. The van der Waals surface area contributed by atoms with Gasteiger partial charge in [0.05, 0.1) is 11.3 Å². The number of aromatic amines is 1. The average molecular weight is 447 g/mol. The van der Waals surface area contributed by atoms with Crippen LogP contribution in [-0.2, 0) is 0 Å². The molecule has 0 atom stereocenters. The van der Waals surface area contributed by atoms with E-state index in [9.17, 15) is 23.1 Å². The molecule has 2 aromatic heterocycles. The van der Waals surface area contributed by atoms with Crippen LogP contribution in [0.25, 0.3) is 11.3 Å². The highest BCUT2D eigenvalue weighted by Gasteiger charge is 2.31. The van der Waals surface area contributed by atoms with Gasteiger partial charge in [-0.05, 0) is 43.3 Å². The quantitative estimate of drug-likeness (QED) is 0.536. The van der Waals surface area contributed by atoms with Crippen LogP contribution in [0, 0.1) is 12.8 Å². The number of H-pyrrole nitrogens is 1. The fraction of sp³-hybridized carbons (Fsp3) is 0.286. The molecule has 0 unspecified atom stereocenters. The predicted octanol–water partition coefficient (Wildman–Crippen LogP) is 3.36. The van der Waals surface area contributed by atoms with E-state index < -0.39 is 12.3 Å². The zero-order valence-corrected chi connectivity index (χ0v) is 17.0. The number of rotatable bonds is 6. The first kappa shape index (κ1) is 21.6. The molecular formula is C21H20F3N5O3. The molecule has 1 aromatic carbocycles. The van der Waals surface area contributed by atoms with Gasteiger partial charge < -0.3 is 20.1 Å². The standard InChI is InChI=1S/C21H20F3N5O3/c1-12-6-18(28-27-12)17-7-14(8-25-19(17)29-9-13(10-29)11-30)20(31)26-15-2-4-16(5-3-15)32-21(22,23)24/h2-8,13,30H,9-11H2,1H3,(H,26,31)(H,27,28). The Morgan fingerprint density at radius 2 is 2.00 bits per heavy atom. The first-order valence-corrected chi connectivity index (χ1v) is 9.77. The van der Waals surface area contributed by atoms with Crippen molar-refractivity contribution in [2.75, 3.05) is 29.9 Å². The number of pyridine rings is 1. The number of nitrogens with one attached hydrogen (secondary N) is 2. The summed E-state index contributed by atoms with van der Waals surface area (Å²) in [6, 6.07) is 8.36. The third-order valence-corrected chi connectivity index (χ3v) is 4.97. The number of aromatic nitrogens is 3. The van der Waals surface area contributed by atoms with Gasteiger partial charge >= 0.3 is 6.36 Å². The van der Waals surface area contributed by atoms with Crippen molar-refractivity contribution < 1.29 is 27.8 Å². The van der Waals surface area contributed by atoms with Crippen molar-refractivity contribution in [3.8, 4) is 17.0 Å². The highest BCUT2D eigenvalue weighted by atomic mass is 19.4. The largest absolute Gasteiger partial charge is 0.573 e. The Kier molecular flexibility index (Phi) is 5.74. The van der Waals surface area contributed by atoms with Crippen molar-refractivity contribution in [2.24, 2.45) is 5.92 Å². The lowest BCUT2D eigenvalue weighted by Gasteiger charge is -2.40. The lowest BCUT2D eigenvalue weighted by molar-refractivity contribution is -0.274. The van der Waals surface area contributed by atoms with E-state index in [1.165, 1.54) is 18.3 Å². The Morgan fingerprint density at radius 1 is 1.28 bits per heavy atom. The van der Waals surface area contributed by atoms with E-state index in [1.807, 2.05) is 17.9 Å². The summed E-state index contributed by atoms with van der Waals surface area (Å²) >= 11 is 0. The Balaban J connectivity index is 1.55. The smallest absolute Gasteiger partial charge is 0.406 e.